The molecule has 0 fully saturated rings. The normalized spacial score (nSPS) is 17.8. The van der Waals surface area contributed by atoms with Gasteiger partial charge in [0, 0.05) is 6.20 Å². The lowest BCUT2D eigenvalue weighted by atomic mass is 9.87. The molecule has 1 aliphatic carbocycles. The Balaban J connectivity index is 1.94. The first-order valence-electron chi connectivity index (χ1n) is 7.58. The van der Waals surface area contributed by atoms with Crippen molar-refractivity contribution in [2.75, 3.05) is 5.73 Å². The zero-order chi connectivity index (χ0) is 15.5. The summed E-state index contributed by atoms with van der Waals surface area (Å²) in [5.74, 6) is 0.951. The van der Waals surface area contributed by atoms with Gasteiger partial charge in [-0.15, -0.1) is 9.24 Å². The molecule has 116 valence electrons. The summed E-state index contributed by atoms with van der Waals surface area (Å²) in [5.41, 5.74) is 9.82. The molecule has 0 saturated heterocycles. The Morgan fingerprint density at radius 3 is 3.00 bits per heavy atom. The van der Waals surface area contributed by atoms with Gasteiger partial charge < -0.3 is 5.73 Å². The molecule has 5 heteroatoms. The molecule has 2 atom stereocenters. The van der Waals surface area contributed by atoms with E-state index in [9.17, 15) is 3.89 Å². The fraction of sp³-hybridized carbons (Fsp3) is 0.353. The highest BCUT2D eigenvalue weighted by Gasteiger charge is 2.20. The van der Waals surface area contributed by atoms with E-state index in [-0.39, 0.29) is 12.1 Å². The number of benzene rings is 1. The molecule has 3 rings (SSSR count). The van der Waals surface area contributed by atoms with E-state index in [1.807, 2.05) is 6.07 Å². The van der Waals surface area contributed by atoms with Crippen LogP contribution in [0.15, 0.2) is 35.4 Å². The van der Waals surface area contributed by atoms with Crippen LogP contribution in [0.25, 0.3) is 0 Å². The fourth-order valence-corrected chi connectivity index (χ4v) is 3.82. The maximum absolute atomic E-state index is 12.8. The van der Waals surface area contributed by atoms with E-state index in [0.29, 0.717) is 16.6 Å². The lowest BCUT2D eigenvalue weighted by Gasteiger charge is -2.19. The molecule has 22 heavy (non-hydrogen) atoms. The molecule has 0 bridgehead atoms. The van der Waals surface area contributed by atoms with Crippen molar-refractivity contribution in [2.45, 2.75) is 42.9 Å². The minimum absolute atomic E-state index is 0.224. The van der Waals surface area contributed by atoms with Crippen LogP contribution in [0.5, 0.6) is 0 Å². The van der Waals surface area contributed by atoms with Gasteiger partial charge in [0.05, 0.1) is 17.0 Å². The van der Waals surface area contributed by atoms with Gasteiger partial charge in [-0.25, -0.2) is 4.98 Å². The number of pyridine rings is 1. The minimum Gasteiger partial charge on any atom is -0.383 e. The van der Waals surface area contributed by atoms with E-state index < -0.39 is 0 Å². The molecule has 0 amide bonds. The number of hydrogen-bond donors (Lipinski definition) is 1. The summed E-state index contributed by atoms with van der Waals surface area (Å²) in [7, 11) is 2.78. The Morgan fingerprint density at radius 2 is 2.18 bits per heavy atom. The molecule has 2 nitrogen and oxygen atoms in total. The standard InChI is InChI=1S/C17H20FN2PS/c18-22-15-8-13(17(19)20-10-15)7-12-4-2-1-3-11-5-6-14(21)9-16(11)12/h5-6,8-10,12H,1-4,7,21H2,(H2,19,20). The van der Waals surface area contributed by atoms with Crippen molar-refractivity contribution in [1.82, 2.24) is 4.98 Å². The van der Waals surface area contributed by atoms with Crippen LogP contribution in [-0.2, 0) is 12.8 Å². The number of aromatic nitrogens is 1. The number of aryl methyl sites for hydroxylation is 1. The third kappa shape index (κ3) is 3.44. The van der Waals surface area contributed by atoms with Crippen molar-refractivity contribution in [1.29, 1.82) is 0 Å². The number of halogens is 1. The molecule has 2 unspecified atom stereocenters. The van der Waals surface area contributed by atoms with Crippen LogP contribution in [0.2, 0.25) is 0 Å². The highest BCUT2D eigenvalue weighted by molar-refractivity contribution is 7.94. The Morgan fingerprint density at radius 1 is 1.32 bits per heavy atom. The molecule has 2 N–H and O–H groups in total. The zero-order valence-corrected chi connectivity index (χ0v) is 14.4. The van der Waals surface area contributed by atoms with Gasteiger partial charge in [0.1, 0.15) is 5.82 Å². The molecule has 1 aromatic heterocycles. The summed E-state index contributed by atoms with van der Waals surface area (Å²) in [4.78, 5) is 4.65. The molecular formula is C17H20FN2PS. The second-order valence-electron chi connectivity index (χ2n) is 5.90. The van der Waals surface area contributed by atoms with E-state index >= 15 is 0 Å². The first-order valence-corrected chi connectivity index (χ1v) is 8.88. The van der Waals surface area contributed by atoms with E-state index in [1.165, 1.54) is 35.5 Å². The number of rotatable bonds is 3. The third-order valence-electron chi connectivity index (χ3n) is 4.39. The van der Waals surface area contributed by atoms with Gasteiger partial charge in [-0.3, -0.25) is 0 Å². The molecule has 0 radical (unpaired) electrons. The van der Waals surface area contributed by atoms with Crippen LogP contribution in [0, 0.1) is 0 Å². The molecular weight excluding hydrogens is 314 g/mol. The predicted molar refractivity (Wildman–Crippen MR) is 95.4 cm³/mol. The molecule has 1 aromatic carbocycles. The molecule has 1 aliphatic rings. The third-order valence-corrected chi connectivity index (χ3v) is 5.15. The summed E-state index contributed by atoms with van der Waals surface area (Å²) in [5, 5.41) is 1.21. The van der Waals surface area contributed by atoms with E-state index in [1.54, 1.807) is 0 Å². The first kappa shape index (κ1) is 15.8. The van der Waals surface area contributed by atoms with Gasteiger partial charge in [0.15, 0.2) is 0 Å². The first-order chi connectivity index (χ1) is 10.7. The lowest BCUT2D eigenvalue weighted by molar-refractivity contribution is 0.593. The van der Waals surface area contributed by atoms with Crippen molar-refractivity contribution >= 4 is 32.5 Å². The topological polar surface area (TPSA) is 38.9 Å². The Kier molecular flexibility index (Phi) is 5.00. The van der Waals surface area contributed by atoms with Crippen LogP contribution >= 0.6 is 21.4 Å². The Bertz CT molecular complexity index is 678. The predicted octanol–water partition coefficient (Wildman–Crippen LogP) is 4.19. The molecule has 0 saturated carbocycles. The lowest BCUT2D eigenvalue weighted by Crippen LogP contribution is -2.09. The van der Waals surface area contributed by atoms with Gasteiger partial charge in [-0.05, 0) is 59.7 Å². The monoisotopic (exact) mass is 334 g/mol. The Hall–Kier alpha value is -1.12. The highest BCUT2D eigenvalue weighted by Crippen LogP contribution is 2.34. The number of fused-ring (bicyclic) bond motifs is 1. The number of nitrogen functional groups attached to an aromatic ring is 1. The van der Waals surface area contributed by atoms with E-state index in [0.717, 1.165) is 24.8 Å². The molecule has 1 heterocycles. The van der Waals surface area contributed by atoms with Crippen molar-refractivity contribution < 1.29 is 3.89 Å². The van der Waals surface area contributed by atoms with Crippen LogP contribution in [0.1, 0.15) is 41.9 Å². The van der Waals surface area contributed by atoms with Gasteiger partial charge >= 0.3 is 0 Å². The quantitative estimate of drug-likeness (QED) is 0.675. The van der Waals surface area contributed by atoms with Gasteiger partial charge in [-0.2, -0.15) is 3.89 Å². The van der Waals surface area contributed by atoms with E-state index in [2.05, 4.69) is 32.4 Å². The summed E-state index contributed by atoms with van der Waals surface area (Å²) < 4.78 is 12.8. The minimum atomic E-state index is 0.224. The van der Waals surface area contributed by atoms with Crippen molar-refractivity contribution in [3.8, 4) is 0 Å². The summed E-state index contributed by atoms with van der Waals surface area (Å²) in [6.07, 6.45) is 7.06. The smallest absolute Gasteiger partial charge is 0.126 e. The number of anilines is 1. The average molecular weight is 334 g/mol. The van der Waals surface area contributed by atoms with Crippen molar-refractivity contribution in [3.63, 3.8) is 0 Å². The van der Waals surface area contributed by atoms with Crippen LogP contribution in [0.4, 0.5) is 9.70 Å². The molecule has 0 aliphatic heterocycles. The van der Waals surface area contributed by atoms with Crippen LogP contribution < -0.4 is 11.0 Å². The van der Waals surface area contributed by atoms with Gasteiger partial charge in [0.2, 0.25) is 0 Å². The SMILES string of the molecule is Nc1ncc(SF)cc1CC1CCCCc2ccc(P)cc21. The summed E-state index contributed by atoms with van der Waals surface area (Å²) in [6.45, 7) is 0. The average Bonchev–Trinajstić information content (AvgIpc) is 2.72. The number of nitrogens with two attached hydrogens (primary N) is 1. The van der Waals surface area contributed by atoms with Gasteiger partial charge in [0.25, 0.3) is 0 Å². The Labute approximate surface area is 137 Å². The number of nitrogens with zero attached hydrogens (tertiary/aromatic N) is 1. The maximum atomic E-state index is 12.8. The zero-order valence-electron chi connectivity index (χ0n) is 12.4. The second-order valence-corrected chi connectivity index (χ2v) is 7.19. The number of hydrogen-bond acceptors (Lipinski definition) is 3. The van der Waals surface area contributed by atoms with Gasteiger partial charge in [-0.1, -0.05) is 24.6 Å². The van der Waals surface area contributed by atoms with Crippen molar-refractivity contribution in [2.24, 2.45) is 0 Å². The second kappa shape index (κ2) is 6.97. The maximum Gasteiger partial charge on any atom is 0.126 e. The molecule has 2 aromatic rings. The van der Waals surface area contributed by atoms with Crippen LogP contribution in [0.3, 0.4) is 0 Å². The largest absolute Gasteiger partial charge is 0.383 e. The van der Waals surface area contributed by atoms with Crippen molar-refractivity contribution in [3.05, 3.63) is 47.2 Å². The molecule has 0 spiro atoms. The summed E-state index contributed by atoms with van der Waals surface area (Å²) >= 11 is 0.224. The van der Waals surface area contributed by atoms with Crippen LogP contribution in [-0.4, -0.2) is 4.98 Å². The van der Waals surface area contributed by atoms with E-state index in [4.69, 9.17) is 5.73 Å². The highest BCUT2D eigenvalue weighted by atomic mass is 32.2. The summed E-state index contributed by atoms with van der Waals surface area (Å²) in [6, 6.07) is 8.50. The fourth-order valence-electron chi connectivity index (χ4n) is 3.26.